The SMILES string of the molecule is CCCCN1CN(C)c2occc21.O=CO. The predicted octanol–water partition coefficient (Wildman–Crippen LogP) is 1.99. The van der Waals surface area contributed by atoms with Gasteiger partial charge in [-0.3, -0.25) is 4.79 Å². The minimum absolute atomic E-state index is 0.250. The minimum Gasteiger partial charge on any atom is -0.483 e. The van der Waals surface area contributed by atoms with Gasteiger partial charge in [0.05, 0.1) is 12.9 Å². The maximum Gasteiger partial charge on any atom is 0.290 e. The lowest BCUT2D eigenvalue weighted by Crippen LogP contribution is -2.29. The zero-order chi connectivity index (χ0) is 12.0. The van der Waals surface area contributed by atoms with Crippen molar-refractivity contribution in [2.45, 2.75) is 19.8 Å². The molecule has 0 radical (unpaired) electrons. The summed E-state index contributed by atoms with van der Waals surface area (Å²) in [6.07, 6.45) is 4.26. The smallest absolute Gasteiger partial charge is 0.290 e. The highest BCUT2D eigenvalue weighted by Gasteiger charge is 2.25. The van der Waals surface area contributed by atoms with E-state index in [0.29, 0.717) is 0 Å². The zero-order valence-electron chi connectivity index (χ0n) is 9.72. The Labute approximate surface area is 95.3 Å². The van der Waals surface area contributed by atoms with Gasteiger partial charge in [0.15, 0.2) is 0 Å². The number of furan rings is 1. The molecule has 0 amide bonds. The van der Waals surface area contributed by atoms with Gasteiger partial charge in [0.25, 0.3) is 6.47 Å². The van der Waals surface area contributed by atoms with Crippen molar-refractivity contribution in [3.05, 3.63) is 12.3 Å². The molecule has 1 aliphatic rings. The molecule has 0 atom stereocenters. The fourth-order valence-corrected chi connectivity index (χ4v) is 1.76. The van der Waals surface area contributed by atoms with Gasteiger partial charge in [-0.1, -0.05) is 13.3 Å². The molecule has 90 valence electrons. The molecule has 2 heterocycles. The minimum atomic E-state index is -0.250. The zero-order valence-corrected chi connectivity index (χ0v) is 9.72. The number of carboxylic acid groups (broad SMARTS) is 1. The van der Waals surface area contributed by atoms with E-state index < -0.39 is 0 Å². The third-order valence-corrected chi connectivity index (χ3v) is 2.48. The fraction of sp³-hybridized carbons (Fsp3) is 0.545. The van der Waals surface area contributed by atoms with Crippen LogP contribution in [0.15, 0.2) is 16.7 Å². The normalized spacial score (nSPS) is 13.1. The first-order chi connectivity index (χ1) is 7.74. The molecule has 5 heteroatoms. The van der Waals surface area contributed by atoms with E-state index in [1.54, 1.807) is 6.26 Å². The highest BCUT2D eigenvalue weighted by Crippen LogP contribution is 2.35. The molecule has 0 aliphatic carbocycles. The molecule has 0 aromatic carbocycles. The Morgan fingerprint density at radius 2 is 2.31 bits per heavy atom. The summed E-state index contributed by atoms with van der Waals surface area (Å²) < 4.78 is 5.38. The van der Waals surface area contributed by atoms with Gasteiger partial charge < -0.3 is 19.3 Å². The number of anilines is 2. The highest BCUT2D eigenvalue weighted by atomic mass is 16.4. The van der Waals surface area contributed by atoms with Crippen LogP contribution in [0.25, 0.3) is 0 Å². The second-order valence-electron chi connectivity index (χ2n) is 3.67. The van der Waals surface area contributed by atoms with E-state index in [0.717, 1.165) is 19.1 Å². The number of hydrogen-bond donors (Lipinski definition) is 1. The van der Waals surface area contributed by atoms with E-state index in [1.165, 1.54) is 18.5 Å². The molecule has 0 saturated heterocycles. The largest absolute Gasteiger partial charge is 0.483 e. The maximum absolute atomic E-state index is 8.36. The Morgan fingerprint density at radius 3 is 2.94 bits per heavy atom. The second-order valence-corrected chi connectivity index (χ2v) is 3.67. The molecule has 1 aromatic heterocycles. The average molecular weight is 226 g/mol. The Bertz CT molecular complexity index is 325. The van der Waals surface area contributed by atoms with Gasteiger partial charge in [-0.05, 0) is 6.42 Å². The number of nitrogens with zero attached hydrogens (tertiary/aromatic N) is 2. The van der Waals surface area contributed by atoms with Crippen molar-refractivity contribution in [2.24, 2.45) is 0 Å². The lowest BCUT2D eigenvalue weighted by atomic mass is 10.3. The molecule has 2 rings (SSSR count). The summed E-state index contributed by atoms with van der Waals surface area (Å²) >= 11 is 0. The molecular weight excluding hydrogens is 208 g/mol. The number of carbonyl (C=O) groups is 1. The third kappa shape index (κ3) is 2.68. The quantitative estimate of drug-likeness (QED) is 0.799. The van der Waals surface area contributed by atoms with Gasteiger partial charge >= 0.3 is 0 Å². The van der Waals surface area contributed by atoms with Gasteiger partial charge in [0.1, 0.15) is 5.69 Å². The van der Waals surface area contributed by atoms with E-state index in [9.17, 15) is 0 Å². The van der Waals surface area contributed by atoms with E-state index >= 15 is 0 Å². The van der Waals surface area contributed by atoms with E-state index in [-0.39, 0.29) is 6.47 Å². The second kappa shape index (κ2) is 6.05. The molecule has 0 spiro atoms. The van der Waals surface area contributed by atoms with Crippen molar-refractivity contribution in [2.75, 3.05) is 30.1 Å². The molecule has 16 heavy (non-hydrogen) atoms. The summed E-state index contributed by atoms with van der Waals surface area (Å²) in [6, 6.07) is 2.05. The summed E-state index contributed by atoms with van der Waals surface area (Å²) in [5.74, 6) is 1.01. The maximum atomic E-state index is 8.36. The first-order valence-electron chi connectivity index (χ1n) is 5.36. The van der Waals surface area contributed by atoms with Gasteiger partial charge in [-0.2, -0.15) is 0 Å². The van der Waals surface area contributed by atoms with Crippen LogP contribution in [0.5, 0.6) is 0 Å². The Hall–Kier alpha value is -1.65. The van der Waals surface area contributed by atoms with Gasteiger partial charge in [-0.15, -0.1) is 0 Å². The van der Waals surface area contributed by atoms with Crippen molar-refractivity contribution in [3.63, 3.8) is 0 Å². The molecule has 0 bridgehead atoms. The molecule has 1 aromatic rings. The van der Waals surface area contributed by atoms with Crippen molar-refractivity contribution in [1.82, 2.24) is 0 Å². The van der Waals surface area contributed by atoms with Gasteiger partial charge in [-0.25, -0.2) is 0 Å². The van der Waals surface area contributed by atoms with Crippen LogP contribution in [0, 0.1) is 0 Å². The van der Waals surface area contributed by atoms with Crippen LogP contribution in [-0.2, 0) is 4.79 Å². The summed E-state index contributed by atoms with van der Waals surface area (Å²) in [7, 11) is 2.06. The van der Waals surface area contributed by atoms with Gasteiger partial charge in [0, 0.05) is 19.7 Å². The topological polar surface area (TPSA) is 56.9 Å². The summed E-state index contributed by atoms with van der Waals surface area (Å²) in [6.45, 7) is 4.07. The number of fused-ring (bicyclic) bond motifs is 1. The van der Waals surface area contributed by atoms with E-state index in [4.69, 9.17) is 14.3 Å². The van der Waals surface area contributed by atoms with Crippen LogP contribution in [0.2, 0.25) is 0 Å². The van der Waals surface area contributed by atoms with Crippen molar-refractivity contribution in [3.8, 4) is 0 Å². The fourth-order valence-electron chi connectivity index (χ4n) is 1.76. The number of hydrogen-bond acceptors (Lipinski definition) is 4. The summed E-state index contributed by atoms with van der Waals surface area (Å²) in [4.78, 5) is 12.9. The first-order valence-corrected chi connectivity index (χ1v) is 5.36. The van der Waals surface area contributed by atoms with Crippen molar-refractivity contribution >= 4 is 18.0 Å². The van der Waals surface area contributed by atoms with Crippen LogP contribution in [0.4, 0.5) is 11.6 Å². The lowest BCUT2D eigenvalue weighted by molar-refractivity contribution is -0.122. The molecule has 0 saturated carbocycles. The van der Waals surface area contributed by atoms with Crippen LogP contribution in [0.1, 0.15) is 19.8 Å². The lowest BCUT2D eigenvalue weighted by Gasteiger charge is -2.17. The Morgan fingerprint density at radius 1 is 1.62 bits per heavy atom. The van der Waals surface area contributed by atoms with E-state index in [1.807, 2.05) is 0 Å². The van der Waals surface area contributed by atoms with Gasteiger partial charge in [0.2, 0.25) is 5.88 Å². The summed E-state index contributed by atoms with van der Waals surface area (Å²) in [5, 5.41) is 6.89. The molecule has 5 nitrogen and oxygen atoms in total. The van der Waals surface area contributed by atoms with Crippen molar-refractivity contribution in [1.29, 1.82) is 0 Å². The third-order valence-electron chi connectivity index (χ3n) is 2.48. The molecule has 0 unspecified atom stereocenters. The van der Waals surface area contributed by atoms with Crippen LogP contribution in [0.3, 0.4) is 0 Å². The van der Waals surface area contributed by atoms with Crippen LogP contribution < -0.4 is 9.80 Å². The molecular formula is C11H18N2O3. The average Bonchev–Trinajstić information content (AvgIpc) is 2.82. The Balaban J connectivity index is 0.000000386. The monoisotopic (exact) mass is 226 g/mol. The molecule has 0 fully saturated rings. The van der Waals surface area contributed by atoms with Crippen LogP contribution in [-0.4, -0.2) is 31.8 Å². The number of unbranched alkanes of at least 4 members (excludes halogenated alkanes) is 1. The predicted molar refractivity (Wildman–Crippen MR) is 62.9 cm³/mol. The summed E-state index contributed by atoms with van der Waals surface area (Å²) in [5.41, 5.74) is 1.25. The van der Waals surface area contributed by atoms with Crippen molar-refractivity contribution < 1.29 is 14.3 Å². The van der Waals surface area contributed by atoms with E-state index in [2.05, 4.69) is 29.8 Å². The van der Waals surface area contributed by atoms with Crippen LogP contribution >= 0.6 is 0 Å². The standard InChI is InChI=1S/C10H16N2O.CH2O2/c1-3-4-6-12-8-11(2)10-9(12)5-7-13-10;2-1-3/h5,7H,3-4,6,8H2,1-2H3;1H,(H,2,3). The number of rotatable bonds is 3. The highest BCUT2D eigenvalue weighted by molar-refractivity contribution is 5.70. The molecule has 1 aliphatic heterocycles. The first kappa shape index (κ1) is 12.4. The Kier molecular flexibility index (Phi) is 4.69. The molecule has 1 N–H and O–H groups in total.